The quantitative estimate of drug-likeness (QED) is 0.663. The first-order valence-electron chi connectivity index (χ1n) is 11.0. The maximum Gasteiger partial charge on any atom is 0.243 e. The van der Waals surface area contributed by atoms with Crippen LogP contribution in [-0.4, -0.2) is 57.4 Å². The van der Waals surface area contributed by atoms with E-state index in [1.807, 2.05) is 23.1 Å². The van der Waals surface area contributed by atoms with E-state index in [0.717, 1.165) is 29.9 Å². The third kappa shape index (κ3) is 4.34. The van der Waals surface area contributed by atoms with Crippen LogP contribution in [0.5, 0.6) is 11.5 Å². The van der Waals surface area contributed by atoms with Crippen LogP contribution < -0.4 is 9.47 Å². The number of rotatable bonds is 6. The van der Waals surface area contributed by atoms with Crippen molar-refractivity contribution in [2.75, 3.05) is 33.9 Å². The molecule has 0 spiro atoms. The first-order valence-corrected chi connectivity index (χ1v) is 12.5. The van der Waals surface area contributed by atoms with Crippen molar-refractivity contribution in [3.63, 3.8) is 0 Å². The van der Waals surface area contributed by atoms with Crippen molar-refractivity contribution in [1.82, 2.24) is 9.21 Å². The van der Waals surface area contributed by atoms with Crippen LogP contribution in [0.4, 0.5) is 0 Å². The Labute approximate surface area is 190 Å². The van der Waals surface area contributed by atoms with Crippen LogP contribution in [0.15, 0.2) is 53.4 Å². The summed E-state index contributed by atoms with van der Waals surface area (Å²) >= 11 is 0. The van der Waals surface area contributed by atoms with Gasteiger partial charge in [-0.3, -0.25) is 4.79 Å². The topological polar surface area (TPSA) is 76.2 Å². The molecule has 0 radical (unpaired) electrons. The van der Waals surface area contributed by atoms with Gasteiger partial charge in [-0.15, -0.1) is 0 Å². The number of piperidine rings is 1. The van der Waals surface area contributed by atoms with Crippen molar-refractivity contribution in [2.24, 2.45) is 5.92 Å². The van der Waals surface area contributed by atoms with Gasteiger partial charge in [0.1, 0.15) is 11.5 Å². The minimum Gasteiger partial charge on any atom is -0.497 e. The Morgan fingerprint density at radius 1 is 0.938 bits per heavy atom. The van der Waals surface area contributed by atoms with Crippen molar-refractivity contribution >= 4 is 15.9 Å². The van der Waals surface area contributed by atoms with Crippen molar-refractivity contribution in [1.29, 1.82) is 0 Å². The number of carbonyl (C=O) groups excluding carboxylic acids is 1. The van der Waals surface area contributed by atoms with Crippen LogP contribution >= 0.6 is 0 Å². The number of nitrogens with zero attached hydrogens (tertiary/aromatic N) is 2. The Bertz CT molecular complexity index is 1050. The lowest BCUT2D eigenvalue weighted by Gasteiger charge is -2.34. The number of hydrogen-bond acceptors (Lipinski definition) is 5. The predicted octanol–water partition coefficient (Wildman–Crippen LogP) is 3.47. The van der Waals surface area contributed by atoms with E-state index in [4.69, 9.17) is 9.47 Å². The molecule has 7 nitrogen and oxygen atoms in total. The highest BCUT2D eigenvalue weighted by Gasteiger charge is 2.38. The predicted molar refractivity (Wildman–Crippen MR) is 121 cm³/mol. The molecule has 0 unspecified atom stereocenters. The molecule has 2 aliphatic rings. The number of likely N-dealkylation sites (tertiary alicyclic amines) is 1. The number of methoxy groups -OCH3 is 2. The van der Waals surface area contributed by atoms with Crippen LogP contribution in [0.25, 0.3) is 0 Å². The average molecular weight is 459 g/mol. The fourth-order valence-corrected chi connectivity index (χ4v) is 6.26. The van der Waals surface area contributed by atoms with Crippen LogP contribution in [0.2, 0.25) is 0 Å². The van der Waals surface area contributed by atoms with E-state index in [0.29, 0.717) is 37.4 Å². The molecule has 2 heterocycles. The van der Waals surface area contributed by atoms with Gasteiger partial charge in [-0.2, -0.15) is 4.31 Å². The smallest absolute Gasteiger partial charge is 0.243 e. The summed E-state index contributed by atoms with van der Waals surface area (Å²) in [5.41, 5.74) is 0.960. The summed E-state index contributed by atoms with van der Waals surface area (Å²) < 4.78 is 38.2. The van der Waals surface area contributed by atoms with Gasteiger partial charge >= 0.3 is 0 Å². The summed E-state index contributed by atoms with van der Waals surface area (Å²) in [5, 5.41) is 0. The molecule has 1 atom stereocenters. The van der Waals surface area contributed by atoms with Gasteiger partial charge in [0.05, 0.1) is 25.2 Å². The fraction of sp³-hybridized carbons (Fsp3) is 0.458. The lowest BCUT2D eigenvalue weighted by Crippen LogP contribution is -2.44. The molecular formula is C24H30N2O5S. The SMILES string of the molecule is COc1ccc(OC)c([C@@H]2CCCN2C(=O)C2CCN(S(=O)(=O)c3ccccc3)CC2)c1. The molecule has 172 valence electrons. The van der Waals surface area contributed by atoms with Gasteiger partial charge in [-0.25, -0.2) is 8.42 Å². The van der Waals surface area contributed by atoms with Gasteiger partial charge in [0.2, 0.25) is 15.9 Å². The Balaban J connectivity index is 1.46. The summed E-state index contributed by atoms with van der Waals surface area (Å²) in [6, 6.07) is 14.1. The zero-order valence-electron chi connectivity index (χ0n) is 18.6. The minimum absolute atomic E-state index is 0.0568. The maximum atomic E-state index is 13.5. The van der Waals surface area contributed by atoms with Crippen molar-refractivity contribution in [3.8, 4) is 11.5 Å². The van der Waals surface area contributed by atoms with E-state index in [1.165, 1.54) is 4.31 Å². The zero-order valence-corrected chi connectivity index (χ0v) is 19.4. The van der Waals surface area contributed by atoms with Gasteiger partial charge in [-0.05, 0) is 56.0 Å². The summed E-state index contributed by atoms with van der Waals surface area (Å²) in [7, 11) is -0.263. The Kier molecular flexibility index (Phi) is 6.71. The van der Waals surface area contributed by atoms with Crippen molar-refractivity contribution in [3.05, 3.63) is 54.1 Å². The molecule has 2 saturated heterocycles. The molecule has 8 heteroatoms. The van der Waals surface area contributed by atoms with Crippen molar-refractivity contribution < 1.29 is 22.7 Å². The molecule has 1 amide bonds. The minimum atomic E-state index is -3.52. The highest BCUT2D eigenvalue weighted by atomic mass is 32.2. The Hall–Kier alpha value is -2.58. The molecule has 0 aromatic heterocycles. The van der Waals surface area contributed by atoms with Gasteiger partial charge in [0.15, 0.2) is 0 Å². The molecule has 0 bridgehead atoms. The second-order valence-electron chi connectivity index (χ2n) is 8.29. The van der Waals surface area contributed by atoms with Gasteiger partial charge in [0, 0.05) is 31.1 Å². The summed E-state index contributed by atoms with van der Waals surface area (Å²) in [6.07, 6.45) is 2.86. The van der Waals surface area contributed by atoms with Crippen molar-refractivity contribution in [2.45, 2.75) is 36.6 Å². The molecule has 4 rings (SSSR count). The average Bonchev–Trinajstić information content (AvgIpc) is 3.33. The van der Waals surface area contributed by atoms with E-state index in [-0.39, 0.29) is 17.9 Å². The first-order chi connectivity index (χ1) is 15.5. The largest absolute Gasteiger partial charge is 0.497 e. The third-order valence-electron chi connectivity index (χ3n) is 6.52. The standard InChI is InChI=1S/C24H30N2O5S/c1-30-19-10-11-23(31-2)21(17-19)22-9-6-14-26(22)24(27)18-12-15-25(16-13-18)32(28,29)20-7-4-3-5-8-20/h3-5,7-8,10-11,17-18,22H,6,9,12-16H2,1-2H3/t22-/m0/s1. The second kappa shape index (κ2) is 9.50. The summed E-state index contributed by atoms with van der Waals surface area (Å²) in [4.78, 5) is 15.7. The van der Waals surface area contributed by atoms with E-state index in [2.05, 4.69) is 0 Å². The molecular weight excluding hydrogens is 428 g/mol. The monoisotopic (exact) mass is 458 g/mol. The van der Waals surface area contributed by atoms with Gasteiger partial charge < -0.3 is 14.4 Å². The van der Waals surface area contributed by atoms with Crippen LogP contribution in [-0.2, 0) is 14.8 Å². The molecule has 0 N–H and O–H groups in total. The number of carbonyl (C=O) groups is 1. The molecule has 2 aliphatic heterocycles. The highest BCUT2D eigenvalue weighted by Crippen LogP contribution is 2.40. The van der Waals surface area contributed by atoms with Gasteiger partial charge in [0.25, 0.3) is 0 Å². The highest BCUT2D eigenvalue weighted by molar-refractivity contribution is 7.89. The molecule has 2 fully saturated rings. The number of amides is 1. The van der Waals surface area contributed by atoms with Crippen LogP contribution in [0, 0.1) is 5.92 Å². The van der Waals surface area contributed by atoms with Crippen LogP contribution in [0.3, 0.4) is 0 Å². The van der Waals surface area contributed by atoms with E-state index in [1.54, 1.807) is 44.6 Å². The lowest BCUT2D eigenvalue weighted by molar-refractivity contribution is -0.137. The molecule has 0 aliphatic carbocycles. The second-order valence-corrected chi connectivity index (χ2v) is 10.2. The van der Waals surface area contributed by atoms with E-state index >= 15 is 0 Å². The van der Waals surface area contributed by atoms with Crippen LogP contribution in [0.1, 0.15) is 37.3 Å². The number of ether oxygens (including phenoxy) is 2. The van der Waals surface area contributed by atoms with Gasteiger partial charge in [-0.1, -0.05) is 18.2 Å². The summed E-state index contributed by atoms with van der Waals surface area (Å²) in [5.74, 6) is 1.42. The molecule has 2 aromatic rings. The molecule has 32 heavy (non-hydrogen) atoms. The normalized spacial score (nSPS) is 20.3. The van der Waals surface area contributed by atoms with E-state index in [9.17, 15) is 13.2 Å². The Morgan fingerprint density at radius 3 is 2.31 bits per heavy atom. The lowest BCUT2D eigenvalue weighted by atomic mass is 9.95. The number of hydrogen-bond donors (Lipinski definition) is 0. The number of benzene rings is 2. The molecule has 0 saturated carbocycles. The third-order valence-corrected chi connectivity index (χ3v) is 8.43. The maximum absolute atomic E-state index is 13.5. The van der Waals surface area contributed by atoms with E-state index < -0.39 is 10.0 Å². The zero-order chi connectivity index (χ0) is 22.7. The Morgan fingerprint density at radius 2 is 1.66 bits per heavy atom. The fourth-order valence-electron chi connectivity index (χ4n) is 4.77. The summed E-state index contributed by atoms with van der Waals surface area (Å²) in [6.45, 7) is 1.41. The first kappa shape index (κ1) is 22.6. The molecule has 2 aromatic carbocycles. The number of sulfonamides is 1.